The Morgan fingerprint density at radius 2 is 1.58 bits per heavy atom. The van der Waals surface area contributed by atoms with Crippen LogP contribution in [0, 0.1) is 17.8 Å². The van der Waals surface area contributed by atoms with Crippen molar-refractivity contribution in [1.82, 2.24) is 9.80 Å². The van der Waals surface area contributed by atoms with E-state index in [0.717, 1.165) is 0 Å². The predicted molar refractivity (Wildman–Crippen MR) is 224 cm³/mol. The van der Waals surface area contributed by atoms with Gasteiger partial charge in [-0.25, -0.2) is 4.79 Å². The third kappa shape index (κ3) is 11.4. The summed E-state index contributed by atoms with van der Waals surface area (Å²) in [7, 11) is 7.12. The minimum absolute atomic E-state index is 0.108. The van der Waals surface area contributed by atoms with Gasteiger partial charge in [-0.3, -0.25) is 9.69 Å². The Morgan fingerprint density at radius 3 is 2.17 bits per heavy atom. The van der Waals surface area contributed by atoms with E-state index in [9.17, 15) is 30.0 Å². The van der Waals surface area contributed by atoms with Crippen LogP contribution in [0.3, 0.4) is 0 Å². The molecule has 0 bridgehead atoms. The van der Waals surface area contributed by atoms with E-state index in [1.165, 1.54) is 14.0 Å². The van der Waals surface area contributed by atoms with Gasteiger partial charge in [0.1, 0.15) is 30.0 Å². The maximum Gasteiger partial charge on any atom is 0.338 e. The van der Waals surface area contributed by atoms with Crippen LogP contribution in [0.4, 0.5) is 0 Å². The van der Waals surface area contributed by atoms with Crippen LogP contribution in [0.5, 0.6) is 0 Å². The second kappa shape index (κ2) is 20.5. The predicted octanol–water partition coefficient (Wildman–Crippen LogP) is 3.77. The molecule has 1 aromatic rings. The number of esters is 2. The zero-order valence-electron chi connectivity index (χ0n) is 38.4. The number of aliphatic hydroxyl groups excluding tert-OH is 2. The molecule has 1 aromatic carbocycles. The summed E-state index contributed by atoms with van der Waals surface area (Å²) in [6.45, 7) is 18.0. The molecule has 3 aliphatic rings. The number of carbonyl (C=O) groups is 2. The first-order valence-corrected chi connectivity index (χ1v) is 21.7. The van der Waals surface area contributed by atoms with Crippen LogP contribution < -0.4 is 0 Å². The largest absolute Gasteiger partial charge is 0.459 e. The molecule has 3 aliphatic heterocycles. The lowest BCUT2D eigenvalue weighted by atomic mass is 9.77. The molecule has 0 aliphatic carbocycles. The molecule has 60 heavy (non-hydrogen) atoms. The molecule has 0 aromatic heterocycles. The van der Waals surface area contributed by atoms with Gasteiger partial charge in [0, 0.05) is 38.1 Å². The van der Waals surface area contributed by atoms with Crippen molar-refractivity contribution in [3.8, 4) is 0 Å². The molecule has 0 saturated carbocycles. The van der Waals surface area contributed by atoms with Crippen LogP contribution in [0.2, 0.25) is 0 Å². The molecule has 4 rings (SSSR count). The molecular formula is C45H76N2O13. The molecule has 0 spiro atoms. The van der Waals surface area contributed by atoms with E-state index in [1.807, 2.05) is 58.6 Å². The summed E-state index contributed by atoms with van der Waals surface area (Å²) in [6.07, 6.45) is -8.57. The smallest absolute Gasteiger partial charge is 0.338 e. The molecule has 0 radical (unpaired) electrons. The SMILES string of the molecule is CC[C@H]1OC(=O)[C@H](C)[C@@H](O[C@H]2C[C@@](C)(OC)[C@@H](O)[C@H](C)O2)[C@H](C)[C@@H](O[C@@H]2O[C@H](C)C[C@H](N(C)C)[C@H]2O)[C@@](C)(O)C[C@@H](C)CN(C)[C@H](C)[C@@H](OC(=O)c2ccccc2)[C@]1(C)O. The zero-order chi connectivity index (χ0) is 45.1. The summed E-state index contributed by atoms with van der Waals surface area (Å²) in [5.41, 5.74) is -4.24. The van der Waals surface area contributed by atoms with Crippen LogP contribution in [0.25, 0.3) is 0 Å². The standard InChI is InChI=1S/C45H76N2O13/c1-15-33-45(10,53)39(59-41(51)31-19-17-16-18-20-31)29(6)47(13)24-25(2)22-43(8,52)38(60-42-35(48)32(46(11)12)21-26(3)55-42)27(4)36(28(5)40(50)57-33)58-34-23-44(9,54-14)37(49)30(7)56-34/h16-20,25-30,32-39,42,48-49,52-53H,15,21-24H2,1-14H3/t25-,26-,27+,28-,29-,30+,32+,33-,34+,35-,36+,37+,38-,39-,42+,43+,44-,45-/m1/s1. The van der Waals surface area contributed by atoms with Gasteiger partial charge in [0.15, 0.2) is 12.6 Å². The Balaban J connectivity index is 1.84. The van der Waals surface area contributed by atoms with Crippen molar-refractivity contribution in [1.29, 1.82) is 0 Å². The lowest BCUT2D eigenvalue weighted by Crippen LogP contribution is -2.61. The third-order valence-corrected chi connectivity index (χ3v) is 13.4. The Bertz CT molecular complexity index is 1530. The van der Waals surface area contributed by atoms with Crippen molar-refractivity contribution in [2.45, 2.75) is 185 Å². The highest BCUT2D eigenvalue weighted by Gasteiger charge is 2.53. The van der Waals surface area contributed by atoms with Gasteiger partial charge < -0.3 is 58.5 Å². The second-order valence-electron chi connectivity index (χ2n) is 18.9. The quantitative estimate of drug-likeness (QED) is 0.263. The fourth-order valence-electron chi connectivity index (χ4n) is 9.69. The van der Waals surface area contributed by atoms with Crippen molar-refractivity contribution in [2.75, 3.05) is 34.8 Å². The molecule has 3 saturated heterocycles. The summed E-state index contributed by atoms with van der Waals surface area (Å²) in [4.78, 5) is 32.1. The molecule has 344 valence electrons. The highest BCUT2D eigenvalue weighted by Crippen LogP contribution is 2.40. The van der Waals surface area contributed by atoms with Gasteiger partial charge in [-0.1, -0.05) is 39.0 Å². The first kappa shape index (κ1) is 50.4. The molecule has 15 nitrogen and oxygen atoms in total. The molecular weight excluding hydrogens is 776 g/mol. The lowest BCUT2D eigenvalue weighted by Gasteiger charge is -2.48. The first-order valence-electron chi connectivity index (χ1n) is 21.7. The van der Waals surface area contributed by atoms with E-state index in [-0.39, 0.29) is 37.3 Å². The average molecular weight is 853 g/mol. The number of carbonyl (C=O) groups excluding carboxylic acids is 2. The van der Waals surface area contributed by atoms with E-state index >= 15 is 0 Å². The summed E-state index contributed by atoms with van der Waals surface area (Å²) < 4.78 is 44.2. The number of cyclic esters (lactones) is 1. The molecule has 4 N–H and O–H groups in total. The van der Waals surface area contributed by atoms with Crippen molar-refractivity contribution in [3.63, 3.8) is 0 Å². The zero-order valence-corrected chi connectivity index (χ0v) is 38.4. The molecule has 3 fully saturated rings. The van der Waals surface area contributed by atoms with Crippen molar-refractivity contribution in [3.05, 3.63) is 35.9 Å². The lowest BCUT2D eigenvalue weighted by molar-refractivity contribution is -0.318. The Hall–Kier alpha value is -2.28. The van der Waals surface area contributed by atoms with Gasteiger partial charge in [0.05, 0.1) is 47.1 Å². The fourth-order valence-corrected chi connectivity index (χ4v) is 9.69. The maximum absolute atomic E-state index is 14.6. The Morgan fingerprint density at radius 1 is 0.950 bits per heavy atom. The highest BCUT2D eigenvalue weighted by molar-refractivity contribution is 5.89. The van der Waals surface area contributed by atoms with Crippen molar-refractivity contribution < 1.29 is 63.2 Å². The number of nitrogens with zero attached hydrogens (tertiary/aromatic N) is 2. The summed E-state index contributed by atoms with van der Waals surface area (Å²) >= 11 is 0. The number of likely N-dealkylation sites (N-methyl/N-ethyl adjacent to an activating group) is 2. The van der Waals surface area contributed by atoms with Crippen LogP contribution >= 0.6 is 0 Å². The molecule has 0 amide bonds. The first-order chi connectivity index (χ1) is 27.9. The number of hydrogen-bond donors (Lipinski definition) is 4. The van der Waals surface area contributed by atoms with E-state index in [2.05, 4.69) is 0 Å². The van der Waals surface area contributed by atoms with Gasteiger partial charge in [-0.2, -0.15) is 0 Å². The van der Waals surface area contributed by atoms with E-state index in [1.54, 1.807) is 65.0 Å². The van der Waals surface area contributed by atoms with Gasteiger partial charge in [-0.05, 0) is 107 Å². The number of ether oxygens (including phenoxy) is 7. The van der Waals surface area contributed by atoms with E-state index in [0.29, 0.717) is 18.5 Å². The Kier molecular flexibility index (Phi) is 17.2. The van der Waals surface area contributed by atoms with Gasteiger partial charge >= 0.3 is 11.9 Å². The van der Waals surface area contributed by atoms with Crippen molar-refractivity contribution in [2.24, 2.45) is 17.8 Å². The van der Waals surface area contributed by atoms with E-state index in [4.69, 9.17) is 33.2 Å². The number of rotatable bonds is 9. The van der Waals surface area contributed by atoms with Gasteiger partial charge in [-0.15, -0.1) is 0 Å². The van der Waals surface area contributed by atoms with E-state index < -0.39 is 102 Å². The van der Waals surface area contributed by atoms with Crippen LogP contribution in [-0.4, -0.2) is 167 Å². The Labute approximate surface area is 357 Å². The topological polar surface area (TPSA) is 186 Å². The van der Waals surface area contributed by atoms with Gasteiger partial charge in [0.2, 0.25) is 0 Å². The average Bonchev–Trinajstić information content (AvgIpc) is 3.18. The maximum atomic E-state index is 14.6. The number of aliphatic hydroxyl groups is 4. The van der Waals surface area contributed by atoms with Crippen LogP contribution in [0.15, 0.2) is 30.3 Å². The normalized spacial score (nSPS) is 44.4. The summed E-state index contributed by atoms with van der Waals surface area (Å²) in [5, 5.41) is 47.9. The van der Waals surface area contributed by atoms with Gasteiger partial charge in [0.25, 0.3) is 0 Å². The summed E-state index contributed by atoms with van der Waals surface area (Å²) in [6, 6.07) is 7.61. The number of hydrogen-bond acceptors (Lipinski definition) is 15. The number of methoxy groups -OCH3 is 1. The van der Waals surface area contributed by atoms with Crippen LogP contribution in [0.1, 0.15) is 105 Å². The monoisotopic (exact) mass is 853 g/mol. The minimum atomic E-state index is -1.88. The second-order valence-corrected chi connectivity index (χ2v) is 18.9. The molecule has 15 heteroatoms. The minimum Gasteiger partial charge on any atom is -0.459 e. The number of benzene rings is 1. The fraction of sp³-hybridized carbons (Fsp3) is 0.822. The molecule has 0 unspecified atom stereocenters. The molecule has 3 heterocycles. The van der Waals surface area contributed by atoms with Crippen molar-refractivity contribution >= 4 is 11.9 Å². The van der Waals surface area contributed by atoms with Crippen LogP contribution in [-0.2, 0) is 38.0 Å². The molecule has 18 atom stereocenters. The highest BCUT2D eigenvalue weighted by atomic mass is 16.7. The third-order valence-electron chi connectivity index (χ3n) is 13.4. The summed E-state index contributed by atoms with van der Waals surface area (Å²) in [5.74, 6) is -3.42.